The van der Waals surface area contributed by atoms with Gasteiger partial charge in [0.1, 0.15) is 5.82 Å². The summed E-state index contributed by atoms with van der Waals surface area (Å²) in [5, 5.41) is 2.58. The van der Waals surface area contributed by atoms with Crippen LogP contribution in [0.2, 0.25) is 0 Å². The van der Waals surface area contributed by atoms with Gasteiger partial charge >= 0.3 is 0 Å². The molecule has 1 aromatic rings. The summed E-state index contributed by atoms with van der Waals surface area (Å²) in [4.78, 5) is 38.5. The Morgan fingerprint density at radius 2 is 1.56 bits per heavy atom. The molecule has 4 unspecified atom stereocenters. The maximum atomic E-state index is 14.1. The molecule has 5 rings (SSSR count). The summed E-state index contributed by atoms with van der Waals surface area (Å²) in [7, 11) is -3.71. The number of nitrogens with one attached hydrogen (secondary N) is 1. The molecule has 4 aliphatic rings. The van der Waals surface area contributed by atoms with Crippen LogP contribution >= 0.6 is 0 Å². The van der Waals surface area contributed by atoms with Crippen molar-refractivity contribution in [2.24, 2.45) is 23.5 Å². The molecule has 13 heteroatoms. The lowest BCUT2D eigenvalue weighted by molar-refractivity contribution is -0.139. The van der Waals surface area contributed by atoms with E-state index in [1.54, 1.807) is 24.3 Å². The van der Waals surface area contributed by atoms with E-state index in [2.05, 4.69) is 5.32 Å². The van der Waals surface area contributed by atoms with Crippen molar-refractivity contribution in [3.8, 4) is 0 Å². The first-order chi connectivity index (χ1) is 19.5. The fourth-order valence-corrected chi connectivity index (χ4v) is 8.48. The molecule has 222 valence electrons. The fourth-order valence-electron chi connectivity index (χ4n) is 6.62. The molecular formula is C28H33F3N4O5S. The quantitative estimate of drug-likeness (QED) is 0.314. The monoisotopic (exact) mass is 594 g/mol. The van der Waals surface area contributed by atoms with Crippen LogP contribution in [0.3, 0.4) is 0 Å². The second-order valence-electron chi connectivity index (χ2n) is 11.2. The highest BCUT2D eigenvalue weighted by atomic mass is 32.2. The Bertz CT molecular complexity index is 1360. The maximum Gasteiger partial charge on any atom is 0.237 e. The molecule has 3 saturated heterocycles. The number of fused-ring (bicyclic) bond motifs is 3. The average Bonchev–Trinajstić information content (AvgIpc) is 3.35. The first kappa shape index (κ1) is 29.5. The molecule has 3 fully saturated rings. The van der Waals surface area contributed by atoms with Gasteiger partial charge in [-0.3, -0.25) is 19.3 Å². The van der Waals surface area contributed by atoms with Gasteiger partial charge < -0.3 is 11.1 Å². The van der Waals surface area contributed by atoms with Crippen LogP contribution in [0.25, 0.3) is 0 Å². The Balaban J connectivity index is 1.09. The van der Waals surface area contributed by atoms with E-state index in [1.165, 1.54) is 4.31 Å². The Morgan fingerprint density at radius 3 is 2.17 bits per heavy atom. The first-order valence-electron chi connectivity index (χ1n) is 13.8. The van der Waals surface area contributed by atoms with E-state index in [0.29, 0.717) is 31.7 Å². The van der Waals surface area contributed by atoms with Crippen molar-refractivity contribution in [2.75, 3.05) is 18.8 Å². The van der Waals surface area contributed by atoms with Gasteiger partial charge in [-0.1, -0.05) is 24.3 Å². The van der Waals surface area contributed by atoms with E-state index >= 15 is 0 Å². The smallest absolute Gasteiger partial charge is 0.237 e. The highest BCUT2D eigenvalue weighted by Crippen LogP contribution is 2.42. The predicted molar refractivity (Wildman–Crippen MR) is 143 cm³/mol. The Labute approximate surface area is 236 Å². The van der Waals surface area contributed by atoms with Crippen molar-refractivity contribution in [3.63, 3.8) is 0 Å². The zero-order chi connectivity index (χ0) is 29.5. The van der Waals surface area contributed by atoms with E-state index in [4.69, 9.17) is 5.73 Å². The van der Waals surface area contributed by atoms with Crippen LogP contribution in [0, 0.1) is 35.2 Å². The number of hydrogen-bond donors (Lipinski definition) is 2. The van der Waals surface area contributed by atoms with E-state index in [0.717, 1.165) is 11.0 Å². The second-order valence-corrected chi connectivity index (χ2v) is 13.2. The van der Waals surface area contributed by atoms with Crippen LogP contribution in [0.5, 0.6) is 0 Å². The standard InChI is InChI=1S/C28H33F3N4O5S/c29-22-15-24(31)23(30)13-16(22)14-25(32)17-11-18-5-6-19(12-17)35(18)41(39,40)10-8-33-26(36)7-9-34-27(37)20-3-1-2-4-21(20)28(34)38/h1-4,13,15,17-21,25H,5-12,14,32H2,(H,33,36)/t17?,18-,19+,20?,21?,25?. The summed E-state index contributed by atoms with van der Waals surface area (Å²) >= 11 is 0. The molecule has 41 heavy (non-hydrogen) atoms. The number of nitrogens with two attached hydrogens (primary N) is 1. The largest absolute Gasteiger partial charge is 0.355 e. The van der Waals surface area contributed by atoms with Gasteiger partial charge in [0.15, 0.2) is 11.6 Å². The van der Waals surface area contributed by atoms with Gasteiger partial charge in [-0.15, -0.1) is 0 Å². The number of carbonyl (C=O) groups excluding carboxylic acids is 3. The molecule has 3 N–H and O–H groups in total. The molecular weight excluding hydrogens is 561 g/mol. The average molecular weight is 595 g/mol. The van der Waals surface area contributed by atoms with Gasteiger partial charge in [-0.05, 0) is 49.7 Å². The van der Waals surface area contributed by atoms with Crippen LogP contribution in [-0.4, -0.2) is 72.3 Å². The molecule has 1 aliphatic carbocycles. The van der Waals surface area contributed by atoms with Crippen LogP contribution in [0.15, 0.2) is 36.4 Å². The van der Waals surface area contributed by atoms with E-state index in [1.807, 2.05) is 0 Å². The summed E-state index contributed by atoms with van der Waals surface area (Å²) in [6.07, 6.45) is 8.90. The Morgan fingerprint density at radius 1 is 0.976 bits per heavy atom. The minimum absolute atomic E-state index is 0.00918. The fraction of sp³-hybridized carbons (Fsp3) is 0.536. The molecule has 0 aromatic heterocycles. The molecule has 3 aliphatic heterocycles. The molecule has 0 spiro atoms. The summed E-state index contributed by atoms with van der Waals surface area (Å²) in [5.74, 6) is -5.92. The van der Waals surface area contributed by atoms with Crippen LogP contribution in [0.1, 0.15) is 37.7 Å². The van der Waals surface area contributed by atoms with Crippen molar-refractivity contribution in [3.05, 3.63) is 59.5 Å². The first-order valence-corrected chi connectivity index (χ1v) is 15.4. The van der Waals surface area contributed by atoms with Gasteiger partial charge in [0.2, 0.25) is 27.7 Å². The normalized spacial score (nSPS) is 28.3. The number of allylic oxidation sites excluding steroid dienone is 2. The molecule has 3 heterocycles. The third kappa shape index (κ3) is 5.98. The van der Waals surface area contributed by atoms with Crippen molar-refractivity contribution in [2.45, 2.75) is 56.7 Å². The van der Waals surface area contributed by atoms with E-state index < -0.39 is 51.3 Å². The zero-order valence-electron chi connectivity index (χ0n) is 22.3. The number of rotatable bonds is 10. The topological polar surface area (TPSA) is 130 Å². The Kier molecular flexibility index (Phi) is 8.40. The van der Waals surface area contributed by atoms with Crippen molar-refractivity contribution in [1.29, 1.82) is 0 Å². The molecule has 3 amide bonds. The highest BCUT2D eigenvalue weighted by molar-refractivity contribution is 7.89. The number of likely N-dealkylation sites (tertiary alicyclic amines) is 1. The SMILES string of the molecule is NC(Cc1cc(F)c(F)cc1F)C1C[C@H]2CC[C@@H](C1)N2S(=O)(=O)CCNC(=O)CCN1C(=O)C2C=CC=CC2C1=O. The van der Waals surface area contributed by atoms with Gasteiger partial charge in [-0.2, -0.15) is 4.31 Å². The minimum atomic E-state index is -3.71. The number of piperidine rings is 1. The number of amides is 3. The summed E-state index contributed by atoms with van der Waals surface area (Å²) in [6.45, 7) is -0.189. The lowest BCUT2D eigenvalue weighted by Crippen LogP contribution is -2.51. The molecule has 0 saturated carbocycles. The lowest BCUT2D eigenvalue weighted by Gasteiger charge is -2.40. The van der Waals surface area contributed by atoms with Gasteiger partial charge in [0.05, 0.1) is 17.6 Å². The van der Waals surface area contributed by atoms with Crippen LogP contribution in [0.4, 0.5) is 13.2 Å². The summed E-state index contributed by atoms with van der Waals surface area (Å²) in [6, 6.07) is 0.210. The number of hydrogen-bond acceptors (Lipinski definition) is 6. The van der Waals surface area contributed by atoms with E-state index in [-0.39, 0.29) is 67.1 Å². The van der Waals surface area contributed by atoms with Crippen LogP contribution < -0.4 is 11.1 Å². The third-order valence-corrected chi connectivity index (χ3v) is 10.6. The third-order valence-electron chi connectivity index (χ3n) is 8.66. The molecule has 9 nitrogen and oxygen atoms in total. The van der Waals surface area contributed by atoms with Crippen molar-refractivity contribution in [1.82, 2.24) is 14.5 Å². The highest BCUT2D eigenvalue weighted by Gasteiger charge is 2.48. The number of carbonyl (C=O) groups is 3. The molecule has 2 bridgehead atoms. The van der Waals surface area contributed by atoms with Crippen molar-refractivity contribution >= 4 is 27.7 Å². The zero-order valence-corrected chi connectivity index (χ0v) is 23.2. The van der Waals surface area contributed by atoms with Gasteiger partial charge in [0.25, 0.3) is 0 Å². The number of nitrogens with zero attached hydrogens (tertiary/aromatic N) is 2. The summed E-state index contributed by atoms with van der Waals surface area (Å²) < 4.78 is 68.9. The molecule has 0 radical (unpaired) electrons. The Hall–Kier alpha value is -3.03. The second kappa shape index (κ2) is 11.7. The number of sulfonamides is 1. The maximum absolute atomic E-state index is 14.1. The van der Waals surface area contributed by atoms with Gasteiger partial charge in [0, 0.05) is 43.7 Å². The van der Waals surface area contributed by atoms with Gasteiger partial charge in [-0.25, -0.2) is 21.6 Å². The number of benzene rings is 1. The van der Waals surface area contributed by atoms with Crippen LogP contribution in [-0.2, 0) is 30.8 Å². The predicted octanol–water partition coefficient (Wildman–Crippen LogP) is 1.78. The minimum Gasteiger partial charge on any atom is -0.355 e. The molecule has 6 atom stereocenters. The van der Waals surface area contributed by atoms with Crippen molar-refractivity contribution < 1.29 is 36.0 Å². The number of imide groups is 1. The molecule has 1 aromatic carbocycles. The lowest BCUT2D eigenvalue weighted by atomic mass is 9.83. The summed E-state index contributed by atoms with van der Waals surface area (Å²) in [5.41, 5.74) is 6.32. The number of halogens is 3. The van der Waals surface area contributed by atoms with E-state index in [9.17, 15) is 36.0 Å².